The number of aromatic nitrogens is 6. The molecule has 5 rings (SSSR count). The molecular weight excluding hydrogens is 372 g/mol. The monoisotopic (exact) mass is 386 g/mol. The molecule has 28 heavy (non-hydrogen) atoms. The van der Waals surface area contributed by atoms with Crippen LogP contribution in [0.25, 0.3) is 21.8 Å². The van der Waals surface area contributed by atoms with Crippen LogP contribution in [0.2, 0.25) is 0 Å². The minimum atomic E-state index is 0.500. The van der Waals surface area contributed by atoms with Crippen molar-refractivity contribution in [3.63, 3.8) is 0 Å². The van der Waals surface area contributed by atoms with E-state index in [1.807, 2.05) is 24.3 Å². The van der Waals surface area contributed by atoms with Gasteiger partial charge in [0, 0.05) is 17.7 Å². The molecule has 9 heteroatoms. The van der Waals surface area contributed by atoms with Crippen molar-refractivity contribution in [3.8, 4) is 27.9 Å². The number of thiazole rings is 1. The van der Waals surface area contributed by atoms with Crippen LogP contribution >= 0.6 is 11.3 Å². The van der Waals surface area contributed by atoms with E-state index < -0.39 is 0 Å². The predicted molar refractivity (Wildman–Crippen MR) is 105 cm³/mol. The van der Waals surface area contributed by atoms with Crippen molar-refractivity contribution < 1.29 is 0 Å². The summed E-state index contributed by atoms with van der Waals surface area (Å²) in [6, 6.07) is 11.4. The zero-order valence-electron chi connectivity index (χ0n) is 14.6. The highest BCUT2D eigenvalue weighted by Gasteiger charge is 2.27. The molecule has 0 saturated heterocycles. The average molecular weight is 386 g/mol. The van der Waals surface area contributed by atoms with Crippen LogP contribution < -0.4 is 5.32 Å². The highest BCUT2D eigenvalue weighted by molar-refractivity contribution is 7.19. The Morgan fingerprint density at radius 1 is 1.21 bits per heavy atom. The molecule has 136 valence electrons. The fourth-order valence-electron chi connectivity index (χ4n) is 2.87. The van der Waals surface area contributed by atoms with Crippen LogP contribution in [0.4, 0.5) is 11.1 Å². The van der Waals surface area contributed by atoms with Crippen LogP contribution in [-0.4, -0.2) is 30.1 Å². The number of nitrogens with one attached hydrogen (secondary N) is 2. The number of nitriles is 1. The number of H-pyrrole nitrogens is 1. The number of benzene rings is 1. The van der Waals surface area contributed by atoms with Gasteiger partial charge in [0.15, 0.2) is 5.13 Å². The van der Waals surface area contributed by atoms with Gasteiger partial charge in [-0.3, -0.25) is 10.4 Å². The zero-order chi connectivity index (χ0) is 18.9. The summed E-state index contributed by atoms with van der Waals surface area (Å²) in [6.07, 6.45) is 5.52. The van der Waals surface area contributed by atoms with Crippen LogP contribution in [0, 0.1) is 11.3 Å². The quantitative estimate of drug-likeness (QED) is 0.534. The van der Waals surface area contributed by atoms with Crippen LogP contribution in [0.5, 0.6) is 0 Å². The Bertz CT molecular complexity index is 1170. The second kappa shape index (κ2) is 6.83. The summed E-state index contributed by atoms with van der Waals surface area (Å²) in [4.78, 5) is 18.5. The Labute approximate surface area is 164 Å². The molecule has 1 aliphatic carbocycles. The first-order chi connectivity index (χ1) is 13.8. The minimum Gasteiger partial charge on any atom is -0.299 e. The maximum absolute atomic E-state index is 9.23. The van der Waals surface area contributed by atoms with Crippen molar-refractivity contribution in [1.29, 1.82) is 5.26 Å². The van der Waals surface area contributed by atoms with Gasteiger partial charge in [-0.25, -0.2) is 15.0 Å². The molecule has 3 heterocycles. The first-order valence-corrected chi connectivity index (χ1v) is 9.59. The lowest BCUT2D eigenvalue weighted by atomic mass is 10.1. The molecule has 0 radical (unpaired) electrons. The van der Waals surface area contributed by atoms with Crippen LogP contribution in [0.15, 0.2) is 42.9 Å². The van der Waals surface area contributed by atoms with E-state index in [2.05, 4.69) is 36.5 Å². The van der Waals surface area contributed by atoms with Crippen molar-refractivity contribution in [2.45, 2.75) is 18.8 Å². The number of nitrogens with zero attached hydrogens (tertiary/aromatic N) is 6. The molecular formula is C19H14N8S. The third-order valence-electron chi connectivity index (χ3n) is 4.39. The summed E-state index contributed by atoms with van der Waals surface area (Å²) in [6.45, 7) is 0. The molecule has 3 aromatic heterocycles. The molecule has 2 N–H and O–H groups in total. The predicted octanol–water partition coefficient (Wildman–Crippen LogP) is 3.88. The van der Waals surface area contributed by atoms with Gasteiger partial charge in [-0.2, -0.15) is 10.2 Å². The van der Waals surface area contributed by atoms with E-state index in [0.717, 1.165) is 40.5 Å². The first-order valence-electron chi connectivity index (χ1n) is 8.77. The van der Waals surface area contributed by atoms with Crippen LogP contribution in [0.3, 0.4) is 0 Å². The molecule has 0 spiro atoms. The van der Waals surface area contributed by atoms with E-state index >= 15 is 0 Å². The molecule has 1 aromatic carbocycles. The summed E-state index contributed by atoms with van der Waals surface area (Å²) in [5.74, 6) is 1.92. The molecule has 0 atom stereocenters. The highest BCUT2D eigenvalue weighted by atomic mass is 32.1. The lowest BCUT2D eigenvalue weighted by molar-refractivity contribution is 0.935. The van der Waals surface area contributed by atoms with Gasteiger partial charge in [0.1, 0.15) is 12.2 Å². The third kappa shape index (κ3) is 3.21. The van der Waals surface area contributed by atoms with Gasteiger partial charge in [-0.05, 0) is 31.0 Å². The maximum atomic E-state index is 9.23. The first kappa shape index (κ1) is 16.5. The molecule has 8 nitrogen and oxygen atoms in total. The van der Waals surface area contributed by atoms with E-state index in [-0.39, 0.29) is 0 Å². The summed E-state index contributed by atoms with van der Waals surface area (Å²) in [7, 11) is 0. The van der Waals surface area contributed by atoms with Gasteiger partial charge < -0.3 is 0 Å². The van der Waals surface area contributed by atoms with Crippen molar-refractivity contribution in [3.05, 3.63) is 54.2 Å². The van der Waals surface area contributed by atoms with Gasteiger partial charge in [0.25, 0.3) is 0 Å². The molecule has 0 amide bonds. The Hall–Kier alpha value is -3.64. The van der Waals surface area contributed by atoms with Gasteiger partial charge >= 0.3 is 0 Å². The van der Waals surface area contributed by atoms with E-state index in [1.54, 1.807) is 12.3 Å². The second-order valence-corrected chi connectivity index (χ2v) is 7.43. The number of hydrogen-bond donors (Lipinski definition) is 2. The summed E-state index contributed by atoms with van der Waals surface area (Å²) in [5.41, 5.74) is 2.95. The lowest BCUT2D eigenvalue weighted by Crippen LogP contribution is -1.92. The summed E-state index contributed by atoms with van der Waals surface area (Å²) < 4.78 is 0. The number of anilines is 2. The molecule has 4 aromatic rings. The number of aromatic amines is 1. The molecule has 1 fully saturated rings. The van der Waals surface area contributed by atoms with Crippen molar-refractivity contribution in [1.82, 2.24) is 30.1 Å². The van der Waals surface area contributed by atoms with Crippen LogP contribution in [-0.2, 0) is 0 Å². The molecule has 0 unspecified atom stereocenters. The van der Waals surface area contributed by atoms with Crippen molar-refractivity contribution in [2.75, 3.05) is 5.32 Å². The third-order valence-corrected chi connectivity index (χ3v) is 5.39. The van der Waals surface area contributed by atoms with Gasteiger partial charge in [-0.1, -0.05) is 23.5 Å². The largest absolute Gasteiger partial charge is 0.299 e. The standard InChI is InChI=1S/C19H14N8S/c20-9-11-2-1-3-13(8-11)15-16(14-6-7-21-10-22-14)28-19(23-15)25-18-24-17(26-27-18)12-4-5-12/h1-3,6-8,10,12H,4-5H2,(H2,23,24,25,26,27). The SMILES string of the molecule is N#Cc1cccc(-c2nc(Nc3n[nH]c(C4CC4)n3)sc2-c2ccncn2)c1. The minimum absolute atomic E-state index is 0.500. The average Bonchev–Trinajstić information content (AvgIpc) is 3.35. The summed E-state index contributed by atoms with van der Waals surface area (Å²) in [5, 5.41) is 20.3. The van der Waals surface area contributed by atoms with Crippen molar-refractivity contribution in [2.24, 2.45) is 0 Å². The van der Waals surface area contributed by atoms with Gasteiger partial charge in [-0.15, -0.1) is 5.10 Å². The van der Waals surface area contributed by atoms with E-state index in [0.29, 0.717) is 22.6 Å². The topological polar surface area (TPSA) is 116 Å². The highest BCUT2D eigenvalue weighted by Crippen LogP contribution is 2.40. The van der Waals surface area contributed by atoms with Crippen LogP contribution in [0.1, 0.15) is 30.1 Å². The normalized spacial score (nSPS) is 13.2. The smallest absolute Gasteiger partial charge is 0.248 e. The Kier molecular flexibility index (Phi) is 4.03. The van der Waals surface area contributed by atoms with Crippen molar-refractivity contribution >= 4 is 22.4 Å². The molecule has 1 saturated carbocycles. The summed E-state index contributed by atoms with van der Waals surface area (Å²) >= 11 is 1.46. The maximum Gasteiger partial charge on any atom is 0.248 e. The molecule has 1 aliphatic rings. The fraction of sp³-hybridized carbons (Fsp3) is 0.158. The molecule has 0 aliphatic heterocycles. The lowest BCUT2D eigenvalue weighted by Gasteiger charge is -2.02. The van der Waals surface area contributed by atoms with E-state index in [1.165, 1.54) is 17.7 Å². The zero-order valence-corrected chi connectivity index (χ0v) is 15.4. The van der Waals surface area contributed by atoms with E-state index in [9.17, 15) is 5.26 Å². The molecule has 0 bridgehead atoms. The van der Waals surface area contributed by atoms with Gasteiger partial charge in [0.05, 0.1) is 27.9 Å². The Morgan fingerprint density at radius 2 is 2.14 bits per heavy atom. The Balaban J connectivity index is 1.55. The Morgan fingerprint density at radius 3 is 2.93 bits per heavy atom. The fourth-order valence-corrected chi connectivity index (χ4v) is 3.83. The number of rotatable bonds is 5. The number of hydrogen-bond acceptors (Lipinski definition) is 8. The van der Waals surface area contributed by atoms with Gasteiger partial charge in [0.2, 0.25) is 5.95 Å². The second-order valence-electron chi connectivity index (χ2n) is 6.43. The van der Waals surface area contributed by atoms with E-state index in [4.69, 9.17) is 4.98 Å².